The molecule has 26 heavy (non-hydrogen) atoms. The SMILES string of the molecule is O=C(C[C@@H]1CCc2ccccc21)N1CCCN(C(=O)c2ccco2)CC1. The minimum Gasteiger partial charge on any atom is -0.459 e. The number of furan rings is 1. The Balaban J connectivity index is 1.36. The standard InChI is InChI=1S/C21H24N2O3/c24-20(15-17-9-8-16-5-1-2-6-18(16)17)22-10-4-11-23(13-12-22)21(25)19-7-3-14-26-19/h1-3,5-7,14,17H,4,8-13,15H2/t17-/m0/s1. The molecule has 5 nitrogen and oxygen atoms in total. The summed E-state index contributed by atoms with van der Waals surface area (Å²) >= 11 is 0. The van der Waals surface area contributed by atoms with Crippen LogP contribution in [0, 0.1) is 0 Å². The first kappa shape index (κ1) is 16.9. The maximum atomic E-state index is 12.8. The van der Waals surface area contributed by atoms with Crippen LogP contribution < -0.4 is 0 Å². The van der Waals surface area contributed by atoms with E-state index in [2.05, 4.69) is 24.3 Å². The molecule has 1 saturated heterocycles. The van der Waals surface area contributed by atoms with Crippen molar-refractivity contribution >= 4 is 11.8 Å². The number of aryl methyl sites for hydroxylation is 1. The van der Waals surface area contributed by atoms with E-state index in [0.29, 0.717) is 37.7 Å². The fraction of sp³-hybridized carbons (Fsp3) is 0.429. The average molecular weight is 352 g/mol. The third-order valence-electron chi connectivity index (χ3n) is 5.55. The molecule has 4 rings (SSSR count). The van der Waals surface area contributed by atoms with E-state index in [1.165, 1.54) is 17.4 Å². The molecule has 2 aromatic rings. The molecule has 2 aliphatic rings. The first-order valence-corrected chi connectivity index (χ1v) is 9.41. The fourth-order valence-electron chi connectivity index (χ4n) is 4.12. The summed E-state index contributed by atoms with van der Waals surface area (Å²) in [7, 11) is 0. The van der Waals surface area contributed by atoms with Crippen LogP contribution in [-0.4, -0.2) is 47.8 Å². The lowest BCUT2D eigenvalue weighted by atomic mass is 9.97. The van der Waals surface area contributed by atoms with E-state index >= 15 is 0 Å². The van der Waals surface area contributed by atoms with Crippen LogP contribution in [0.2, 0.25) is 0 Å². The van der Waals surface area contributed by atoms with E-state index in [0.717, 1.165) is 25.8 Å². The zero-order valence-electron chi connectivity index (χ0n) is 14.9. The van der Waals surface area contributed by atoms with Crippen molar-refractivity contribution in [2.75, 3.05) is 26.2 Å². The monoisotopic (exact) mass is 352 g/mol. The quantitative estimate of drug-likeness (QED) is 0.853. The van der Waals surface area contributed by atoms with Gasteiger partial charge in [0, 0.05) is 32.6 Å². The van der Waals surface area contributed by atoms with Gasteiger partial charge in [0.05, 0.1) is 6.26 Å². The highest BCUT2D eigenvalue weighted by atomic mass is 16.3. The first-order valence-electron chi connectivity index (χ1n) is 9.41. The number of nitrogens with zero attached hydrogens (tertiary/aromatic N) is 2. The summed E-state index contributed by atoms with van der Waals surface area (Å²) in [6.45, 7) is 2.54. The van der Waals surface area contributed by atoms with Gasteiger partial charge in [0.25, 0.3) is 5.91 Å². The van der Waals surface area contributed by atoms with Crippen molar-refractivity contribution in [1.29, 1.82) is 0 Å². The summed E-state index contributed by atoms with van der Waals surface area (Å²) in [6, 6.07) is 11.9. The molecular weight excluding hydrogens is 328 g/mol. The van der Waals surface area contributed by atoms with Gasteiger partial charge >= 0.3 is 0 Å². The summed E-state index contributed by atoms with van der Waals surface area (Å²) in [6.07, 6.45) is 5.02. The molecule has 1 aliphatic carbocycles. The summed E-state index contributed by atoms with van der Waals surface area (Å²) in [5, 5.41) is 0. The number of carbonyl (C=O) groups excluding carboxylic acids is 2. The molecule has 1 aromatic heterocycles. The van der Waals surface area contributed by atoms with E-state index in [1.807, 2.05) is 4.90 Å². The van der Waals surface area contributed by atoms with E-state index < -0.39 is 0 Å². The number of rotatable bonds is 3. The molecule has 136 valence electrons. The van der Waals surface area contributed by atoms with Crippen LogP contribution in [-0.2, 0) is 11.2 Å². The van der Waals surface area contributed by atoms with Gasteiger partial charge in [0.2, 0.25) is 5.91 Å². The molecule has 0 spiro atoms. The maximum absolute atomic E-state index is 12.8. The molecule has 1 aromatic carbocycles. The largest absolute Gasteiger partial charge is 0.459 e. The highest BCUT2D eigenvalue weighted by Crippen LogP contribution is 2.35. The molecule has 0 radical (unpaired) electrons. The molecule has 2 amide bonds. The van der Waals surface area contributed by atoms with E-state index in [4.69, 9.17) is 4.42 Å². The topological polar surface area (TPSA) is 53.8 Å². The third-order valence-corrected chi connectivity index (χ3v) is 5.55. The Morgan fingerprint density at radius 3 is 2.65 bits per heavy atom. The van der Waals surface area contributed by atoms with E-state index in [9.17, 15) is 9.59 Å². The molecular formula is C21H24N2O3. The summed E-state index contributed by atoms with van der Waals surface area (Å²) in [5.74, 6) is 0.822. The molecule has 0 N–H and O–H groups in total. The highest BCUT2D eigenvalue weighted by Gasteiger charge is 2.28. The van der Waals surface area contributed by atoms with Crippen LogP contribution >= 0.6 is 0 Å². The van der Waals surface area contributed by atoms with Crippen molar-refractivity contribution in [2.45, 2.75) is 31.6 Å². The summed E-state index contributed by atoms with van der Waals surface area (Å²) in [4.78, 5) is 29.0. The molecule has 2 heterocycles. The Morgan fingerprint density at radius 2 is 1.81 bits per heavy atom. The zero-order valence-corrected chi connectivity index (χ0v) is 14.9. The van der Waals surface area contributed by atoms with Gasteiger partial charge in [-0.25, -0.2) is 0 Å². The number of amides is 2. The zero-order chi connectivity index (χ0) is 17.9. The summed E-state index contributed by atoms with van der Waals surface area (Å²) in [5.41, 5.74) is 2.72. The lowest BCUT2D eigenvalue weighted by molar-refractivity contribution is -0.131. The van der Waals surface area contributed by atoms with Crippen LogP contribution in [0.3, 0.4) is 0 Å². The first-order chi connectivity index (χ1) is 12.7. The number of hydrogen-bond donors (Lipinski definition) is 0. The Labute approximate surface area is 153 Å². The number of carbonyl (C=O) groups is 2. The Hall–Kier alpha value is -2.56. The fourth-order valence-corrected chi connectivity index (χ4v) is 4.12. The Morgan fingerprint density at radius 1 is 1.00 bits per heavy atom. The van der Waals surface area contributed by atoms with Crippen LogP contribution in [0.1, 0.15) is 46.9 Å². The molecule has 0 saturated carbocycles. The van der Waals surface area contributed by atoms with Crippen LogP contribution in [0.4, 0.5) is 0 Å². The number of benzene rings is 1. The van der Waals surface area contributed by atoms with Gasteiger partial charge < -0.3 is 14.2 Å². The third kappa shape index (κ3) is 3.39. The molecule has 1 aliphatic heterocycles. The molecule has 0 bridgehead atoms. The normalized spacial score (nSPS) is 19.9. The number of fused-ring (bicyclic) bond motifs is 1. The highest BCUT2D eigenvalue weighted by molar-refractivity contribution is 5.91. The van der Waals surface area contributed by atoms with Crippen LogP contribution in [0.5, 0.6) is 0 Å². The molecule has 0 unspecified atom stereocenters. The predicted molar refractivity (Wildman–Crippen MR) is 97.9 cm³/mol. The predicted octanol–water partition coefficient (Wildman–Crippen LogP) is 3.07. The van der Waals surface area contributed by atoms with Crippen molar-refractivity contribution in [2.24, 2.45) is 0 Å². The minimum absolute atomic E-state index is 0.0889. The minimum atomic E-state index is -0.0889. The van der Waals surface area contributed by atoms with Gasteiger partial charge in [-0.2, -0.15) is 0 Å². The Kier molecular flexibility index (Phi) is 4.78. The van der Waals surface area contributed by atoms with Gasteiger partial charge in [0.1, 0.15) is 0 Å². The molecule has 1 fully saturated rings. The van der Waals surface area contributed by atoms with Crippen molar-refractivity contribution in [1.82, 2.24) is 9.80 Å². The van der Waals surface area contributed by atoms with Crippen molar-refractivity contribution in [3.8, 4) is 0 Å². The van der Waals surface area contributed by atoms with Gasteiger partial charge in [0.15, 0.2) is 5.76 Å². The lowest BCUT2D eigenvalue weighted by Crippen LogP contribution is -2.37. The second kappa shape index (κ2) is 7.36. The lowest BCUT2D eigenvalue weighted by Gasteiger charge is -2.23. The molecule has 1 atom stereocenters. The van der Waals surface area contributed by atoms with E-state index in [-0.39, 0.29) is 11.8 Å². The van der Waals surface area contributed by atoms with Crippen molar-refractivity contribution in [3.63, 3.8) is 0 Å². The van der Waals surface area contributed by atoms with Gasteiger partial charge in [-0.15, -0.1) is 0 Å². The van der Waals surface area contributed by atoms with Gasteiger partial charge in [-0.05, 0) is 48.4 Å². The maximum Gasteiger partial charge on any atom is 0.289 e. The second-order valence-corrected chi connectivity index (χ2v) is 7.14. The Bertz CT molecular complexity index is 784. The van der Waals surface area contributed by atoms with Gasteiger partial charge in [-0.3, -0.25) is 9.59 Å². The second-order valence-electron chi connectivity index (χ2n) is 7.14. The van der Waals surface area contributed by atoms with Crippen LogP contribution in [0.15, 0.2) is 47.1 Å². The summed E-state index contributed by atoms with van der Waals surface area (Å²) < 4.78 is 5.21. The van der Waals surface area contributed by atoms with Gasteiger partial charge in [-0.1, -0.05) is 24.3 Å². The van der Waals surface area contributed by atoms with Crippen molar-refractivity contribution in [3.05, 3.63) is 59.5 Å². The smallest absolute Gasteiger partial charge is 0.289 e. The van der Waals surface area contributed by atoms with E-state index in [1.54, 1.807) is 17.0 Å². The molecule has 5 heteroatoms. The van der Waals surface area contributed by atoms with Crippen molar-refractivity contribution < 1.29 is 14.0 Å². The number of hydrogen-bond acceptors (Lipinski definition) is 3. The van der Waals surface area contributed by atoms with Crippen LogP contribution in [0.25, 0.3) is 0 Å². The average Bonchev–Trinajstić information content (AvgIpc) is 3.26.